The number of methoxy groups -OCH3 is 1. The molecular weight excluding hydrogens is 681 g/mol. The van der Waals surface area contributed by atoms with E-state index in [2.05, 4.69) is 26.0 Å². The molecule has 232 valence electrons. The molecule has 18 heteroatoms. The van der Waals surface area contributed by atoms with E-state index in [9.17, 15) is 57.9 Å². The van der Waals surface area contributed by atoms with E-state index >= 15 is 0 Å². The molecule has 0 radical (unpaired) electrons. The van der Waals surface area contributed by atoms with Gasteiger partial charge in [-0.2, -0.15) is 35.1 Å². The molecule has 0 aliphatic heterocycles. The van der Waals surface area contributed by atoms with Gasteiger partial charge in [0, 0.05) is 16.1 Å². The highest BCUT2D eigenvalue weighted by atomic mass is 79.9. The summed E-state index contributed by atoms with van der Waals surface area (Å²) in [7, 11) is 1.01. The number of anilines is 2. The van der Waals surface area contributed by atoms with Crippen molar-refractivity contribution in [3.05, 3.63) is 81.3 Å². The standard InChI is InChI=1S/C25H14BrF11N2O4/c1-42-19-13(3-2-4-16(19)38-20(40)12-6-5-11(27)9-15(12)28)21(41)39-18-14(26)7-10(8-17(18)43-22(29)30)23(31,24(32,33)34)25(35,36)37/h2-9,22H,1H3,(H,38,40)(H,39,41). The van der Waals surface area contributed by atoms with Gasteiger partial charge in [0.1, 0.15) is 11.6 Å². The molecule has 0 bridgehead atoms. The quantitative estimate of drug-likeness (QED) is 0.234. The van der Waals surface area contributed by atoms with Gasteiger partial charge in [-0.1, -0.05) is 6.07 Å². The predicted molar refractivity (Wildman–Crippen MR) is 131 cm³/mol. The van der Waals surface area contributed by atoms with Crippen LogP contribution in [0.25, 0.3) is 0 Å². The minimum absolute atomic E-state index is 0.0416. The number of hydrogen-bond donors (Lipinski definition) is 2. The van der Waals surface area contributed by atoms with Gasteiger partial charge in [-0.05, 0) is 52.3 Å². The molecule has 3 aromatic carbocycles. The van der Waals surface area contributed by atoms with E-state index in [0.29, 0.717) is 6.07 Å². The van der Waals surface area contributed by atoms with E-state index in [1.54, 1.807) is 0 Å². The number of nitrogens with one attached hydrogen (secondary N) is 2. The zero-order valence-corrected chi connectivity index (χ0v) is 22.5. The average Bonchev–Trinajstić information content (AvgIpc) is 2.87. The first-order chi connectivity index (χ1) is 19.8. The fourth-order valence-corrected chi connectivity index (χ4v) is 4.20. The number of para-hydroxylation sites is 1. The Morgan fingerprint density at radius 2 is 1.44 bits per heavy atom. The molecule has 0 heterocycles. The Hall–Kier alpha value is -4.09. The SMILES string of the molecule is COc1c(NC(=O)c2ccc(F)cc2F)cccc1C(=O)Nc1c(Br)cc(C(F)(C(F)(F)F)C(F)(F)F)cc1OC(F)F. The second kappa shape index (κ2) is 12.3. The second-order valence-electron chi connectivity index (χ2n) is 8.28. The molecular formula is C25H14BrF11N2O4. The monoisotopic (exact) mass is 694 g/mol. The van der Waals surface area contributed by atoms with Crippen LogP contribution in [-0.2, 0) is 5.67 Å². The Kier molecular flexibility index (Phi) is 9.52. The first kappa shape index (κ1) is 33.4. The van der Waals surface area contributed by atoms with E-state index < -0.39 is 86.4 Å². The number of alkyl halides is 9. The third-order valence-corrected chi connectivity index (χ3v) is 6.20. The van der Waals surface area contributed by atoms with Crippen molar-refractivity contribution in [2.75, 3.05) is 17.7 Å². The molecule has 0 saturated carbocycles. The molecule has 0 atom stereocenters. The topological polar surface area (TPSA) is 76.7 Å². The van der Waals surface area contributed by atoms with E-state index in [0.717, 1.165) is 31.4 Å². The average molecular weight is 695 g/mol. The lowest BCUT2D eigenvalue weighted by Gasteiger charge is -2.31. The summed E-state index contributed by atoms with van der Waals surface area (Å²) in [5.41, 5.74) is -10.5. The van der Waals surface area contributed by atoms with Crippen LogP contribution in [0, 0.1) is 11.6 Å². The first-order valence-electron chi connectivity index (χ1n) is 11.2. The zero-order chi connectivity index (χ0) is 32.5. The predicted octanol–water partition coefficient (Wildman–Crippen LogP) is 8.13. The molecule has 3 aromatic rings. The van der Waals surface area contributed by atoms with Crippen molar-refractivity contribution < 1.29 is 67.4 Å². The lowest BCUT2D eigenvalue weighted by molar-refractivity contribution is -0.348. The van der Waals surface area contributed by atoms with Crippen molar-refractivity contribution in [3.63, 3.8) is 0 Å². The molecule has 0 spiro atoms. The smallest absolute Gasteiger partial charge is 0.435 e. The van der Waals surface area contributed by atoms with Gasteiger partial charge in [0.2, 0.25) is 0 Å². The number of benzene rings is 3. The lowest BCUT2D eigenvalue weighted by Crippen LogP contribution is -2.50. The van der Waals surface area contributed by atoms with Gasteiger partial charge < -0.3 is 20.1 Å². The molecule has 0 saturated heterocycles. The number of halogens is 12. The van der Waals surface area contributed by atoms with Crippen LogP contribution in [0.2, 0.25) is 0 Å². The van der Waals surface area contributed by atoms with Gasteiger partial charge in [-0.3, -0.25) is 9.59 Å². The Bertz CT molecular complexity index is 1530. The van der Waals surface area contributed by atoms with Crippen molar-refractivity contribution in [1.82, 2.24) is 0 Å². The van der Waals surface area contributed by atoms with Crippen LogP contribution in [0.4, 0.5) is 59.7 Å². The number of rotatable bonds is 8. The third kappa shape index (κ3) is 6.78. The largest absolute Gasteiger partial charge is 0.494 e. The first-order valence-corrected chi connectivity index (χ1v) is 12.0. The van der Waals surface area contributed by atoms with E-state index in [1.807, 2.05) is 5.32 Å². The number of carbonyl (C=O) groups is 2. The van der Waals surface area contributed by atoms with Crippen molar-refractivity contribution >= 4 is 39.1 Å². The van der Waals surface area contributed by atoms with Gasteiger partial charge in [0.15, 0.2) is 11.5 Å². The third-order valence-electron chi connectivity index (χ3n) is 5.58. The van der Waals surface area contributed by atoms with Crippen LogP contribution in [0.5, 0.6) is 11.5 Å². The summed E-state index contributed by atoms with van der Waals surface area (Å²) in [6.45, 7) is -3.86. The van der Waals surface area contributed by atoms with E-state index in [1.165, 1.54) is 6.07 Å². The molecule has 0 fully saturated rings. The molecule has 0 aromatic heterocycles. The van der Waals surface area contributed by atoms with Gasteiger partial charge in [-0.15, -0.1) is 0 Å². The normalized spacial score (nSPS) is 12.2. The van der Waals surface area contributed by atoms with Gasteiger partial charge in [0.05, 0.1) is 29.6 Å². The Morgan fingerprint density at radius 3 is 1.98 bits per heavy atom. The van der Waals surface area contributed by atoms with Crippen molar-refractivity contribution in [3.8, 4) is 11.5 Å². The fraction of sp³-hybridized carbons (Fsp3) is 0.200. The maximum Gasteiger partial charge on any atom is 0.435 e. The molecule has 2 N–H and O–H groups in total. The lowest BCUT2D eigenvalue weighted by atomic mass is 9.93. The van der Waals surface area contributed by atoms with Crippen molar-refractivity contribution in [1.29, 1.82) is 0 Å². The van der Waals surface area contributed by atoms with Gasteiger partial charge in [-0.25, -0.2) is 13.2 Å². The molecule has 3 rings (SSSR count). The van der Waals surface area contributed by atoms with Gasteiger partial charge in [0.25, 0.3) is 11.8 Å². The highest BCUT2D eigenvalue weighted by Crippen LogP contribution is 2.55. The van der Waals surface area contributed by atoms with E-state index in [-0.39, 0.29) is 17.8 Å². The Balaban J connectivity index is 2.05. The van der Waals surface area contributed by atoms with Crippen molar-refractivity contribution in [2.45, 2.75) is 24.6 Å². The molecule has 0 aliphatic rings. The highest BCUT2D eigenvalue weighted by molar-refractivity contribution is 9.10. The number of ether oxygens (including phenoxy) is 2. The molecule has 43 heavy (non-hydrogen) atoms. The summed E-state index contributed by atoms with van der Waals surface area (Å²) in [6.07, 6.45) is -13.2. The van der Waals surface area contributed by atoms with Crippen LogP contribution in [0.1, 0.15) is 26.3 Å². The molecule has 0 aliphatic carbocycles. The molecule has 6 nitrogen and oxygen atoms in total. The van der Waals surface area contributed by atoms with Crippen molar-refractivity contribution in [2.24, 2.45) is 0 Å². The van der Waals surface area contributed by atoms with Crippen LogP contribution in [0.3, 0.4) is 0 Å². The number of amides is 2. The minimum atomic E-state index is -6.59. The summed E-state index contributed by atoms with van der Waals surface area (Å²) in [4.78, 5) is 25.6. The summed E-state index contributed by atoms with van der Waals surface area (Å²) in [6, 6.07) is 5.04. The maximum atomic E-state index is 14.6. The van der Waals surface area contributed by atoms with Crippen LogP contribution >= 0.6 is 15.9 Å². The summed E-state index contributed by atoms with van der Waals surface area (Å²) < 4.78 is 156. The number of hydrogen-bond acceptors (Lipinski definition) is 4. The maximum absolute atomic E-state index is 14.6. The minimum Gasteiger partial charge on any atom is -0.494 e. The summed E-state index contributed by atoms with van der Waals surface area (Å²) in [5.74, 6) is -6.56. The zero-order valence-electron chi connectivity index (χ0n) is 20.9. The van der Waals surface area contributed by atoms with E-state index in [4.69, 9.17) is 4.74 Å². The number of carbonyl (C=O) groups excluding carboxylic acids is 2. The fourth-order valence-electron chi connectivity index (χ4n) is 3.66. The Labute approximate surface area is 241 Å². The molecule has 0 unspecified atom stereocenters. The second-order valence-corrected chi connectivity index (χ2v) is 9.14. The summed E-state index contributed by atoms with van der Waals surface area (Å²) in [5, 5.41) is 4.14. The highest BCUT2D eigenvalue weighted by Gasteiger charge is 2.73. The van der Waals surface area contributed by atoms with Crippen LogP contribution < -0.4 is 20.1 Å². The van der Waals surface area contributed by atoms with Gasteiger partial charge >= 0.3 is 24.6 Å². The summed E-state index contributed by atoms with van der Waals surface area (Å²) >= 11 is 2.54. The van der Waals surface area contributed by atoms with Crippen LogP contribution in [-0.4, -0.2) is 37.9 Å². The van der Waals surface area contributed by atoms with Crippen LogP contribution in [0.15, 0.2) is 53.0 Å². The molecule has 2 amide bonds. The Morgan fingerprint density at radius 1 is 0.837 bits per heavy atom.